The highest BCUT2D eigenvalue weighted by atomic mass is 35.5. The highest BCUT2D eigenvalue weighted by Crippen LogP contribution is 2.35. The molecular formula is C13H9Cl3NO3S-. The lowest BCUT2D eigenvalue weighted by Crippen LogP contribution is -2.24. The van der Waals surface area contributed by atoms with Gasteiger partial charge in [-0.3, -0.25) is 0 Å². The molecule has 1 aromatic heterocycles. The van der Waals surface area contributed by atoms with Gasteiger partial charge in [-0.25, -0.2) is 4.98 Å². The van der Waals surface area contributed by atoms with Crippen molar-refractivity contribution in [2.75, 3.05) is 6.61 Å². The van der Waals surface area contributed by atoms with Gasteiger partial charge in [0.25, 0.3) is 0 Å². The number of ether oxygens (including phenoxy) is 1. The van der Waals surface area contributed by atoms with Gasteiger partial charge in [0, 0.05) is 29.2 Å². The second-order valence-electron chi connectivity index (χ2n) is 4.08. The third-order valence-corrected chi connectivity index (χ3v) is 4.19. The summed E-state index contributed by atoms with van der Waals surface area (Å²) in [5, 5.41) is 14.0. The van der Waals surface area contributed by atoms with Crippen molar-refractivity contribution in [3.05, 3.63) is 43.3 Å². The monoisotopic (exact) mass is 364 g/mol. The van der Waals surface area contributed by atoms with Crippen LogP contribution in [-0.4, -0.2) is 17.6 Å². The predicted octanol–water partition coefficient (Wildman–Crippen LogP) is 3.02. The van der Waals surface area contributed by atoms with Gasteiger partial charge in [0.15, 0.2) is 5.75 Å². The van der Waals surface area contributed by atoms with E-state index in [2.05, 4.69) is 4.98 Å². The number of carbonyl (C=O) groups is 1. The quantitative estimate of drug-likeness (QED) is 0.789. The summed E-state index contributed by atoms with van der Waals surface area (Å²) in [6.07, 6.45) is 0.333. The maximum Gasteiger partial charge on any atom is 0.156 e. The van der Waals surface area contributed by atoms with Crippen LogP contribution >= 0.6 is 46.1 Å². The third-order valence-electron chi connectivity index (χ3n) is 2.45. The van der Waals surface area contributed by atoms with E-state index >= 15 is 0 Å². The fourth-order valence-corrected chi connectivity index (χ4v) is 3.31. The van der Waals surface area contributed by atoms with Crippen molar-refractivity contribution >= 4 is 52.1 Å². The molecule has 0 aliphatic rings. The van der Waals surface area contributed by atoms with Crippen LogP contribution in [0, 0.1) is 0 Å². The average molecular weight is 366 g/mol. The van der Waals surface area contributed by atoms with Crippen LogP contribution < -0.4 is 9.84 Å². The van der Waals surface area contributed by atoms with Crippen LogP contribution in [0.1, 0.15) is 10.7 Å². The molecule has 0 unspecified atom stereocenters. The summed E-state index contributed by atoms with van der Waals surface area (Å²) in [5.41, 5.74) is 0.484. The Morgan fingerprint density at radius 3 is 2.57 bits per heavy atom. The molecule has 0 spiro atoms. The Bertz CT molecular complexity index is 637. The third kappa shape index (κ3) is 4.74. The van der Waals surface area contributed by atoms with Crippen LogP contribution in [0.5, 0.6) is 5.75 Å². The van der Waals surface area contributed by atoms with Crippen molar-refractivity contribution < 1.29 is 14.6 Å². The van der Waals surface area contributed by atoms with E-state index in [4.69, 9.17) is 39.5 Å². The summed E-state index contributed by atoms with van der Waals surface area (Å²) in [6.45, 7) is 0.319. The zero-order chi connectivity index (χ0) is 15.4. The Morgan fingerprint density at radius 1 is 1.29 bits per heavy atom. The molecule has 1 aromatic carbocycles. The number of carboxylic acid groups (broad SMARTS) is 1. The molecule has 21 heavy (non-hydrogen) atoms. The molecule has 0 saturated heterocycles. The van der Waals surface area contributed by atoms with Gasteiger partial charge in [0.05, 0.1) is 27.4 Å². The summed E-state index contributed by atoms with van der Waals surface area (Å²) in [6, 6.07) is 3.09. The normalized spacial score (nSPS) is 10.6. The molecular weight excluding hydrogens is 357 g/mol. The minimum absolute atomic E-state index is 0.188. The van der Waals surface area contributed by atoms with Crippen LogP contribution in [0.15, 0.2) is 17.5 Å². The van der Waals surface area contributed by atoms with Crippen LogP contribution in [0.2, 0.25) is 15.1 Å². The van der Waals surface area contributed by atoms with Crippen molar-refractivity contribution in [2.45, 2.75) is 12.8 Å². The second kappa shape index (κ2) is 7.31. The highest BCUT2D eigenvalue weighted by Gasteiger charge is 2.10. The Morgan fingerprint density at radius 2 is 1.95 bits per heavy atom. The molecule has 0 aliphatic carbocycles. The minimum atomic E-state index is -1.15. The Balaban J connectivity index is 1.93. The number of nitrogens with zero attached hydrogens (tertiary/aromatic N) is 1. The lowest BCUT2D eigenvalue weighted by atomic mass is 10.3. The van der Waals surface area contributed by atoms with Crippen LogP contribution in [0.3, 0.4) is 0 Å². The van der Waals surface area contributed by atoms with Crippen molar-refractivity contribution in [3.8, 4) is 5.75 Å². The molecule has 0 radical (unpaired) electrons. The number of aromatic nitrogens is 1. The standard InChI is InChI=1S/C13H10Cl3NO3S/c14-7-3-9(15)13(10(16)4-7)20-2-1-11-17-8(6-21-11)5-12(18)19/h3-4,6H,1-2,5H2,(H,18,19)/p-1. The number of hydrogen-bond acceptors (Lipinski definition) is 5. The lowest BCUT2D eigenvalue weighted by Gasteiger charge is -2.09. The molecule has 0 bridgehead atoms. The number of hydrogen-bond donors (Lipinski definition) is 0. The Kier molecular flexibility index (Phi) is 5.70. The summed E-state index contributed by atoms with van der Waals surface area (Å²) in [4.78, 5) is 14.6. The molecule has 4 nitrogen and oxygen atoms in total. The average Bonchev–Trinajstić information content (AvgIpc) is 2.79. The molecule has 0 aliphatic heterocycles. The van der Waals surface area contributed by atoms with E-state index in [0.29, 0.717) is 39.5 Å². The SMILES string of the molecule is O=C([O-])Cc1csc(CCOc2c(Cl)cc(Cl)cc2Cl)n1. The molecule has 0 saturated carbocycles. The summed E-state index contributed by atoms with van der Waals surface area (Å²) in [7, 11) is 0. The van der Waals surface area contributed by atoms with Gasteiger partial charge in [0.2, 0.25) is 0 Å². The van der Waals surface area contributed by atoms with E-state index in [1.165, 1.54) is 11.3 Å². The van der Waals surface area contributed by atoms with Gasteiger partial charge in [-0.2, -0.15) is 0 Å². The molecule has 2 rings (SSSR count). The van der Waals surface area contributed by atoms with E-state index in [-0.39, 0.29) is 6.42 Å². The number of halogens is 3. The van der Waals surface area contributed by atoms with E-state index in [1.54, 1.807) is 17.5 Å². The fourth-order valence-electron chi connectivity index (χ4n) is 1.60. The van der Waals surface area contributed by atoms with Crippen LogP contribution in [-0.2, 0) is 17.6 Å². The lowest BCUT2D eigenvalue weighted by molar-refractivity contribution is -0.304. The van der Waals surface area contributed by atoms with Gasteiger partial charge >= 0.3 is 0 Å². The Labute approximate surface area is 140 Å². The minimum Gasteiger partial charge on any atom is -0.550 e. The highest BCUT2D eigenvalue weighted by molar-refractivity contribution is 7.09. The van der Waals surface area contributed by atoms with Gasteiger partial charge in [-0.1, -0.05) is 34.8 Å². The molecule has 0 atom stereocenters. The molecule has 1 heterocycles. The van der Waals surface area contributed by atoms with Crippen molar-refractivity contribution in [2.24, 2.45) is 0 Å². The first-order chi connectivity index (χ1) is 9.95. The van der Waals surface area contributed by atoms with E-state index in [0.717, 1.165) is 5.01 Å². The molecule has 2 aromatic rings. The largest absolute Gasteiger partial charge is 0.550 e. The molecule has 0 fully saturated rings. The second-order valence-corrected chi connectivity index (χ2v) is 6.27. The number of thiazole rings is 1. The molecule has 8 heteroatoms. The molecule has 0 N–H and O–H groups in total. The first kappa shape index (κ1) is 16.4. The van der Waals surface area contributed by atoms with Gasteiger partial charge in [-0.15, -0.1) is 11.3 Å². The van der Waals surface area contributed by atoms with Gasteiger partial charge < -0.3 is 14.6 Å². The Hall–Kier alpha value is -1.01. The number of rotatable bonds is 6. The molecule has 112 valence electrons. The predicted molar refractivity (Wildman–Crippen MR) is 81.5 cm³/mol. The van der Waals surface area contributed by atoms with E-state index < -0.39 is 5.97 Å². The molecule has 0 amide bonds. The summed E-state index contributed by atoms with van der Waals surface area (Å²) in [5.74, 6) is -0.780. The van der Waals surface area contributed by atoms with Gasteiger partial charge in [-0.05, 0) is 12.1 Å². The van der Waals surface area contributed by atoms with Gasteiger partial charge in [0.1, 0.15) is 0 Å². The number of benzene rings is 1. The zero-order valence-electron chi connectivity index (χ0n) is 10.6. The van der Waals surface area contributed by atoms with Crippen LogP contribution in [0.25, 0.3) is 0 Å². The maximum atomic E-state index is 10.5. The first-order valence-electron chi connectivity index (χ1n) is 5.86. The number of carboxylic acids is 1. The van der Waals surface area contributed by atoms with Crippen LogP contribution in [0.4, 0.5) is 0 Å². The van der Waals surface area contributed by atoms with E-state index in [9.17, 15) is 9.90 Å². The topological polar surface area (TPSA) is 62.2 Å². The van der Waals surface area contributed by atoms with E-state index in [1.807, 2.05) is 0 Å². The summed E-state index contributed by atoms with van der Waals surface area (Å²) < 4.78 is 5.53. The fraction of sp³-hybridized carbons (Fsp3) is 0.231. The number of aliphatic carboxylic acids is 1. The zero-order valence-corrected chi connectivity index (χ0v) is 13.7. The first-order valence-corrected chi connectivity index (χ1v) is 7.87. The van der Waals surface area contributed by atoms with Crippen molar-refractivity contribution in [1.29, 1.82) is 0 Å². The maximum absolute atomic E-state index is 10.5. The van der Waals surface area contributed by atoms with Crippen molar-refractivity contribution in [1.82, 2.24) is 4.98 Å². The smallest absolute Gasteiger partial charge is 0.156 e. The summed E-state index contributed by atoms with van der Waals surface area (Å²) >= 11 is 19.2. The van der Waals surface area contributed by atoms with Crippen molar-refractivity contribution in [3.63, 3.8) is 0 Å². The number of carbonyl (C=O) groups excluding carboxylic acids is 1.